The zero-order valence-electron chi connectivity index (χ0n) is 10.6. The zero-order valence-corrected chi connectivity index (χ0v) is 11.4. The summed E-state index contributed by atoms with van der Waals surface area (Å²) in [7, 11) is 1.97. The fraction of sp³-hybridized carbons (Fsp3) is 0.500. The Kier molecular flexibility index (Phi) is 3.31. The third kappa shape index (κ3) is 2.15. The smallest absolute Gasteiger partial charge is 0.236 e. The summed E-state index contributed by atoms with van der Waals surface area (Å²) in [6.45, 7) is 1.76. The zero-order chi connectivity index (χ0) is 12.5. The van der Waals surface area contributed by atoms with Crippen molar-refractivity contribution in [3.05, 3.63) is 29.8 Å². The molecule has 1 amide bonds. The summed E-state index contributed by atoms with van der Waals surface area (Å²) in [6, 6.07) is 8.83. The van der Waals surface area contributed by atoms with E-state index in [1.807, 2.05) is 18.0 Å². The first-order chi connectivity index (χ1) is 8.78. The maximum absolute atomic E-state index is 12.5. The van der Waals surface area contributed by atoms with E-state index in [1.54, 1.807) is 11.8 Å². The van der Waals surface area contributed by atoms with E-state index in [4.69, 9.17) is 0 Å². The number of fused-ring (bicyclic) bond motifs is 1. The lowest BCUT2D eigenvalue weighted by atomic mass is 10.1. The van der Waals surface area contributed by atoms with Gasteiger partial charge in [-0.3, -0.25) is 4.79 Å². The molecule has 1 N–H and O–H groups in total. The van der Waals surface area contributed by atoms with Crippen molar-refractivity contribution in [1.82, 2.24) is 10.2 Å². The van der Waals surface area contributed by atoms with E-state index in [-0.39, 0.29) is 5.25 Å². The van der Waals surface area contributed by atoms with E-state index in [0.29, 0.717) is 11.9 Å². The van der Waals surface area contributed by atoms with Crippen LogP contribution >= 0.6 is 11.8 Å². The molecule has 1 aromatic carbocycles. The Bertz CT molecular complexity index is 438. The quantitative estimate of drug-likeness (QED) is 0.877. The van der Waals surface area contributed by atoms with Gasteiger partial charge < -0.3 is 10.2 Å². The molecular weight excluding hydrogens is 244 g/mol. The number of likely N-dealkylation sites (N-methyl/N-ethyl adjacent to an activating group) is 1. The van der Waals surface area contributed by atoms with Gasteiger partial charge in [-0.2, -0.15) is 0 Å². The predicted octanol–water partition coefficient (Wildman–Crippen LogP) is 1.52. The van der Waals surface area contributed by atoms with E-state index >= 15 is 0 Å². The number of hydrogen-bond acceptors (Lipinski definition) is 3. The van der Waals surface area contributed by atoms with Crippen molar-refractivity contribution in [3.63, 3.8) is 0 Å². The molecule has 1 saturated heterocycles. The van der Waals surface area contributed by atoms with Crippen molar-refractivity contribution in [1.29, 1.82) is 0 Å². The highest BCUT2D eigenvalue weighted by atomic mass is 32.2. The monoisotopic (exact) mass is 262 g/mol. The number of amides is 1. The van der Waals surface area contributed by atoms with Gasteiger partial charge in [0.15, 0.2) is 0 Å². The van der Waals surface area contributed by atoms with Crippen LogP contribution in [0.2, 0.25) is 0 Å². The van der Waals surface area contributed by atoms with Crippen molar-refractivity contribution >= 4 is 17.7 Å². The van der Waals surface area contributed by atoms with Crippen LogP contribution < -0.4 is 5.32 Å². The Morgan fingerprint density at radius 2 is 2.28 bits per heavy atom. The van der Waals surface area contributed by atoms with Gasteiger partial charge in [-0.15, -0.1) is 11.8 Å². The molecule has 2 atom stereocenters. The van der Waals surface area contributed by atoms with Crippen LogP contribution in [0, 0.1) is 0 Å². The molecule has 96 valence electrons. The number of benzene rings is 1. The molecule has 0 saturated carbocycles. The van der Waals surface area contributed by atoms with Gasteiger partial charge in [-0.25, -0.2) is 0 Å². The largest absolute Gasteiger partial charge is 0.340 e. The first-order valence-corrected chi connectivity index (χ1v) is 7.36. The molecule has 0 aliphatic carbocycles. The normalized spacial score (nSPS) is 26.4. The van der Waals surface area contributed by atoms with Crippen molar-refractivity contribution in [2.24, 2.45) is 0 Å². The van der Waals surface area contributed by atoms with Gasteiger partial charge in [0, 0.05) is 24.0 Å². The van der Waals surface area contributed by atoms with Crippen LogP contribution in [0.25, 0.3) is 0 Å². The molecule has 0 aromatic heterocycles. The second-order valence-electron chi connectivity index (χ2n) is 4.98. The number of thioether (sulfide) groups is 1. The number of likely N-dealkylation sites (tertiary alicyclic amines) is 1. The standard InChI is InChI=1S/C14H18N2OS/c1-15-11-6-7-16(9-11)14(17)13-8-10-4-2-3-5-12(10)18-13/h2-5,11,13,15H,6-9H2,1H3. The summed E-state index contributed by atoms with van der Waals surface area (Å²) in [5.41, 5.74) is 1.32. The Labute approximate surface area is 112 Å². The van der Waals surface area contributed by atoms with Crippen LogP contribution in [0.1, 0.15) is 12.0 Å². The van der Waals surface area contributed by atoms with E-state index in [0.717, 1.165) is 25.9 Å². The van der Waals surface area contributed by atoms with Crippen molar-refractivity contribution in [2.75, 3.05) is 20.1 Å². The first-order valence-electron chi connectivity index (χ1n) is 6.48. The third-order valence-electron chi connectivity index (χ3n) is 3.83. The first kappa shape index (κ1) is 12.1. The topological polar surface area (TPSA) is 32.3 Å². The molecule has 2 heterocycles. The third-order valence-corrected chi connectivity index (χ3v) is 5.14. The Balaban J connectivity index is 1.66. The highest BCUT2D eigenvalue weighted by Crippen LogP contribution is 2.37. The van der Waals surface area contributed by atoms with Crippen LogP contribution in [0.4, 0.5) is 0 Å². The minimum absolute atomic E-state index is 0.0954. The molecule has 2 aliphatic rings. The van der Waals surface area contributed by atoms with Crippen LogP contribution in [0.15, 0.2) is 29.2 Å². The SMILES string of the molecule is CNC1CCN(C(=O)C2Cc3ccccc3S2)C1. The van der Waals surface area contributed by atoms with Crippen LogP contribution in [0.3, 0.4) is 0 Å². The van der Waals surface area contributed by atoms with Crippen molar-refractivity contribution in [3.8, 4) is 0 Å². The van der Waals surface area contributed by atoms with E-state index in [1.165, 1.54) is 10.5 Å². The van der Waals surface area contributed by atoms with Gasteiger partial charge >= 0.3 is 0 Å². The lowest BCUT2D eigenvalue weighted by Crippen LogP contribution is -2.38. The summed E-state index contributed by atoms with van der Waals surface area (Å²) in [6.07, 6.45) is 1.97. The fourth-order valence-corrected chi connectivity index (χ4v) is 4.00. The molecule has 0 bridgehead atoms. The molecule has 1 aromatic rings. The predicted molar refractivity (Wildman–Crippen MR) is 73.8 cm³/mol. The van der Waals surface area contributed by atoms with Crippen LogP contribution in [-0.4, -0.2) is 42.2 Å². The van der Waals surface area contributed by atoms with Crippen molar-refractivity contribution in [2.45, 2.75) is 29.0 Å². The average Bonchev–Trinajstić information content (AvgIpc) is 3.04. The number of carbonyl (C=O) groups is 1. The van der Waals surface area contributed by atoms with Gasteiger partial charge in [-0.1, -0.05) is 18.2 Å². The Hall–Kier alpha value is -1.00. The number of hydrogen-bond donors (Lipinski definition) is 1. The lowest BCUT2D eigenvalue weighted by molar-refractivity contribution is -0.129. The molecule has 3 nitrogen and oxygen atoms in total. The second-order valence-corrected chi connectivity index (χ2v) is 6.22. The molecule has 2 unspecified atom stereocenters. The number of nitrogens with one attached hydrogen (secondary N) is 1. The molecule has 3 rings (SSSR count). The summed E-state index contributed by atoms with van der Waals surface area (Å²) in [4.78, 5) is 15.8. The van der Waals surface area contributed by atoms with E-state index in [9.17, 15) is 4.79 Å². The van der Waals surface area contributed by atoms with Gasteiger partial charge in [0.25, 0.3) is 0 Å². The van der Waals surface area contributed by atoms with Gasteiger partial charge in [0.05, 0.1) is 5.25 Å². The molecule has 2 aliphatic heterocycles. The summed E-state index contributed by atoms with van der Waals surface area (Å²) in [5, 5.41) is 3.35. The van der Waals surface area contributed by atoms with Crippen LogP contribution in [0.5, 0.6) is 0 Å². The Morgan fingerprint density at radius 3 is 3.00 bits per heavy atom. The minimum atomic E-state index is 0.0954. The average molecular weight is 262 g/mol. The highest BCUT2D eigenvalue weighted by molar-refractivity contribution is 8.01. The molecular formula is C14H18N2OS. The summed E-state index contributed by atoms with van der Waals surface area (Å²) < 4.78 is 0. The summed E-state index contributed by atoms with van der Waals surface area (Å²) >= 11 is 1.73. The van der Waals surface area contributed by atoms with E-state index < -0.39 is 0 Å². The number of rotatable bonds is 2. The highest BCUT2D eigenvalue weighted by Gasteiger charge is 2.34. The fourth-order valence-electron chi connectivity index (χ4n) is 2.72. The second kappa shape index (κ2) is 4.94. The molecule has 18 heavy (non-hydrogen) atoms. The molecule has 0 spiro atoms. The maximum Gasteiger partial charge on any atom is 0.236 e. The number of carbonyl (C=O) groups excluding carboxylic acids is 1. The number of nitrogens with zero attached hydrogens (tertiary/aromatic N) is 1. The summed E-state index contributed by atoms with van der Waals surface area (Å²) in [5.74, 6) is 0.314. The van der Waals surface area contributed by atoms with Gasteiger partial charge in [0.1, 0.15) is 0 Å². The lowest BCUT2D eigenvalue weighted by Gasteiger charge is -2.19. The van der Waals surface area contributed by atoms with E-state index in [2.05, 4.69) is 23.5 Å². The Morgan fingerprint density at radius 1 is 1.44 bits per heavy atom. The molecule has 1 fully saturated rings. The van der Waals surface area contributed by atoms with Gasteiger partial charge in [-0.05, 0) is 31.5 Å². The van der Waals surface area contributed by atoms with Crippen LogP contribution in [-0.2, 0) is 11.2 Å². The molecule has 4 heteroatoms. The minimum Gasteiger partial charge on any atom is -0.340 e. The van der Waals surface area contributed by atoms with Gasteiger partial charge in [0.2, 0.25) is 5.91 Å². The maximum atomic E-state index is 12.5. The van der Waals surface area contributed by atoms with Crippen molar-refractivity contribution < 1.29 is 4.79 Å². The molecule has 0 radical (unpaired) electrons.